The van der Waals surface area contributed by atoms with Crippen molar-refractivity contribution in [1.29, 1.82) is 0 Å². The maximum absolute atomic E-state index is 12.9. The van der Waals surface area contributed by atoms with E-state index in [4.69, 9.17) is 0 Å². The molecule has 2 saturated heterocycles. The van der Waals surface area contributed by atoms with Crippen LogP contribution in [0.3, 0.4) is 0 Å². The highest BCUT2D eigenvalue weighted by molar-refractivity contribution is 5.93. The molecule has 2 aliphatic heterocycles. The predicted molar refractivity (Wildman–Crippen MR) is 80.6 cm³/mol. The molecule has 6 nitrogen and oxygen atoms in total. The molecular weight excluding hydrogens is 323 g/mol. The molecule has 0 aromatic carbocycles. The lowest BCUT2D eigenvalue weighted by molar-refractivity contribution is -0.184. The number of halogens is 3. The molecule has 1 amide bonds. The number of carbonyl (C=O) groups excluding carboxylic acids is 1. The third-order valence-electron chi connectivity index (χ3n) is 4.96. The van der Waals surface area contributed by atoms with Gasteiger partial charge in [0.05, 0.1) is 17.7 Å². The van der Waals surface area contributed by atoms with Crippen LogP contribution in [-0.2, 0) is 0 Å². The molecule has 0 saturated carbocycles. The fourth-order valence-corrected chi connectivity index (χ4v) is 3.52. The number of hydrogen-bond donors (Lipinski definition) is 1. The third kappa shape index (κ3) is 3.40. The van der Waals surface area contributed by atoms with E-state index in [-0.39, 0.29) is 24.7 Å². The molecule has 0 radical (unpaired) electrons. The van der Waals surface area contributed by atoms with E-state index in [9.17, 15) is 18.0 Å². The van der Waals surface area contributed by atoms with Gasteiger partial charge in [-0.15, -0.1) is 5.10 Å². The number of hydrogen-bond acceptors (Lipinski definition) is 4. The maximum atomic E-state index is 12.9. The number of likely N-dealkylation sites (tertiary alicyclic amines) is 1. The van der Waals surface area contributed by atoms with Gasteiger partial charge in [0.15, 0.2) is 5.69 Å². The molecule has 9 heteroatoms. The van der Waals surface area contributed by atoms with Crippen molar-refractivity contribution in [3.05, 3.63) is 11.4 Å². The fourth-order valence-electron chi connectivity index (χ4n) is 3.52. The second-order valence-corrected chi connectivity index (χ2v) is 6.58. The molecule has 2 fully saturated rings. The van der Waals surface area contributed by atoms with Gasteiger partial charge in [0.1, 0.15) is 0 Å². The monoisotopic (exact) mass is 345 g/mol. The van der Waals surface area contributed by atoms with Gasteiger partial charge in [-0.3, -0.25) is 4.79 Å². The number of rotatable bonds is 2. The summed E-state index contributed by atoms with van der Waals surface area (Å²) in [5.74, 6) is -1.89. The van der Waals surface area contributed by atoms with Crippen LogP contribution in [0, 0.1) is 12.8 Å². The predicted octanol–water partition coefficient (Wildman–Crippen LogP) is 1.93. The van der Waals surface area contributed by atoms with Gasteiger partial charge in [0.2, 0.25) is 0 Å². The van der Waals surface area contributed by atoms with Crippen molar-refractivity contribution >= 4 is 5.91 Å². The third-order valence-corrected chi connectivity index (χ3v) is 4.96. The van der Waals surface area contributed by atoms with Crippen molar-refractivity contribution in [3.63, 3.8) is 0 Å². The molecule has 0 aliphatic carbocycles. The second kappa shape index (κ2) is 6.70. The van der Waals surface area contributed by atoms with Crippen LogP contribution < -0.4 is 5.32 Å². The molecule has 3 rings (SSSR count). The molecule has 0 bridgehead atoms. The zero-order valence-electron chi connectivity index (χ0n) is 13.6. The van der Waals surface area contributed by atoms with E-state index >= 15 is 0 Å². The summed E-state index contributed by atoms with van der Waals surface area (Å²) in [5.41, 5.74) is 0.817. The first kappa shape index (κ1) is 17.2. The first-order valence-corrected chi connectivity index (χ1v) is 8.36. The number of aromatic nitrogens is 3. The van der Waals surface area contributed by atoms with Crippen molar-refractivity contribution in [2.24, 2.45) is 5.92 Å². The zero-order valence-corrected chi connectivity index (χ0v) is 13.6. The lowest BCUT2D eigenvalue weighted by Crippen LogP contribution is -2.44. The van der Waals surface area contributed by atoms with Crippen LogP contribution in [0.15, 0.2) is 0 Å². The Balaban J connectivity index is 1.74. The van der Waals surface area contributed by atoms with Crippen LogP contribution in [0.25, 0.3) is 0 Å². The molecule has 2 aliphatic rings. The topological polar surface area (TPSA) is 63.1 Å². The molecule has 134 valence electrons. The summed E-state index contributed by atoms with van der Waals surface area (Å²) < 4.78 is 40.5. The van der Waals surface area contributed by atoms with Crippen LogP contribution in [0.2, 0.25) is 0 Å². The van der Waals surface area contributed by atoms with Gasteiger partial charge < -0.3 is 10.2 Å². The minimum atomic E-state index is -4.26. The van der Waals surface area contributed by atoms with Gasteiger partial charge in [-0.1, -0.05) is 5.21 Å². The summed E-state index contributed by atoms with van der Waals surface area (Å²) in [6.45, 7) is 3.58. The number of nitrogens with zero attached hydrogens (tertiary/aromatic N) is 4. The van der Waals surface area contributed by atoms with Gasteiger partial charge in [-0.25, -0.2) is 4.68 Å². The van der Waals surface area contributed by atoms with Crippen LogP contribution >= 0.6 is 0 Å². The molecule has 1 aromatic rings. The summed E-state index contributed by atoms with van der Waals surface area (Å²) in [5, 5.41) is 11.3. The van der Waals surface area contributed by atoms with Crippen molar-refractivity contribution in [2.75, 3.05) is 26.2 Å². The van der Waals surface area contributed by atoms with Crippen molar-refractivity contribution in [2.45, 2.75) is 44.8 Å². The summed E-state index contributed by atoms with van der Waals surface area (Å²) in [6, 6.07) is 0.185. The Morgan fingerprint density at radius 1 is 1.25 bits per heavy atom. The van der Waals surface area contributed by atoms with Gasteiger partial charge >= 0.3 is 6.18 Å². The molecule has 1 unspecified atom stereocenters. The smallest absolute Gasteiger partial charge is 0.337 e. The Bertz CT molecular complexity index is 594. The minimum Gasteiger partial charge on any atom is -0.337 e. The number of carbonyl (C=O) groups is 1. The zero-order chi connectivity index (χ0) is 17.3. The van der Waals surface area contributed by atoms with E-state index in [0.29, 0.717) is 18.7 Å². The van der Waals surface area contributed by atoms with E-state index in [1.807, 2.05) is 0 Å². The second-order valence-electron chi connectivity index (χ2n) is 6.58. The lowest BCUT2D eigenvalue weighted by atomic mass is 9.97. The van der Waals surface area contributed by atoms with Crippen LogP contribution in [0.4, 0.5) is 13.2 Å². The van der Waals surface area contributed by atoms with Crippen molar-refractivity contribution < 1.29 is 18.0 Å². The van der Waals surface area contributed by atoms with Gasteiger partial charge in [-0.05, 0) is 45.7 Å². The van der Waals surface area contributed by atoms with E-state index in [0.717, 1.165) is 25.9 Å². The molecule has 1 N–H and O–H groups in total. The maximum Gasteiger partial charge on any atom is 0.393 e. The first-order chi connectivity index (χ1) is 11.4. The normalized spacial score (nSPS) is 23.5. The highest BCUT2D eigenvalue weighted by Gasteiger charge is 2.43. The average molecular weight is 345 g/mol. The number of alkyl halides is 3. The minimum absolute atomic E-state index is 0.0774. The van der Waals surface area contributed by atoms with E-state index in [2.05, 4.69) is 15.6 Å². The molecule has 0 spiro atoms. The summed E-state index contributed by atoms with van der Waals surface area (Å²) in [7, 11) is 0. The van der Waals surface area contributed by atoms with Gasteiger partial charge in [-0.2, -0.15) is 13.2 Å². The standard InChI is InChI=1S/C15H22F3N5O/c1-10-13(20-21-23(10)12-4-6-19-7-5-12)14(24)22-8-2-3-11(9-22)15(16,17)18/h11-12,19H,2-9H2,1H3. The number of piperidine rings is 2. The fraction of sp³-hybridized carbons (Fsp3) is 0.800. The number of amides is 1. The summed E-state index contributed by atoms with van der Waals surface area (Å²) in [6.07, 6.45) is -2.03. The molecule has 1 aromatic heterocycles. The number of nitrogens with one attached hydrogen (secondary N) is 1. The summed E-state index contributed by atoms with van der Waals surface area (Å²) >= 11 is 0. The van der Waals surface area contributed by atoms with Crippen molar-refractivity contribution in [1.82, 2.24) is 25.2 Å². The van der Waals surface area contributed by atoms with Gasteiger partial charge in [0, 0.05) is 13.1 Å². The average Bonchev–Trinajstić information content (AvgIpc) is 2.96. The molecule has 1 atom stereocenters. The molecular formula is C15H22F3N5O. The van der Waals surface area contributed by atoms with Crippen LogP contribution in [0.1, 0.15) is 47.9 Å². The first-order valence-electron chi connectivity index (χ1n) is 8.36. The van der Waals surface area contributed by atoms with Crippen molar-refractivity contribution in [3.8, 4) is 0 Å². The highest BCUT2D eigenvalue weighted by atomic mass is 19.4. The Morgan fingerprint density at radius 3 is 2.62 bits per heavy atom. The van der Waals surface area contributed by atoms with E-state index < -0.39 is 18.0 Å². The summed E-state index contributed by atoms with van der Waals surface area (Å²) in [4.78, 5) is 13.9. The highest BCUT2D eigenvalue weighted by Crippen LogP contribution is 2.33. The molecule has 3 heterocycles. The quantitative estimate of drug-likeness (QED) is 0.890. The molecule has 24 heavy (non-hydrogen) atoms. The Labute approximate surface area is 138 Å². The van der Waals surface area contributed by atoms with E-state index in [1.165, 1.54) is 4.90 Å². The Kier molecular flexibility index (Phi) is 4.80. The Morgan fingerprint density at radius 2 is 1.96 bits per heavy atom. The lowest BCUT2D eigenvalue weighted by Gasteiger charge is -2.33. The van der Waals surface area contributed by atoms with Crippen LogP contribution in [0.5, 0.6) is 0 Å². The van der Waals surface area contributed by atoms with E-state index in [1.54, 1.807) is 11.6 Å². The largest absolute Gasteiger partial charge is 0.393 e. The Hall–Kier alpha value is -1.64. The van der Waals surface area contributed by atoms with Crippen LogP contribution in [-0.4, -0.2) is 58.2 Å². The SMILES string of the molecule is Cc1c(C(=O)N2CCCC(C(F)(F)F)C2)nnn1C1CCNCC1. The van der Waals surface area contributed by atoms with Gasteiger partial charge in [0.25, 0.3) is 5.91 Å².